The molecule has 2 heterocycles. The van der Waals surface area contributed by atoms with Crippen LogP contribution in [-0.2, 0) is 14.8 Å². The molecule has 1 saturated heterocycles. The molecule has 0 aromatic carbocycles. The van der Waals surface area contributed by atoms with Gasteiger partial charge in [0.1, 0.15) is 4.21 Å². The molecule has 0 radical (unpaired) electrons. The summed E-state index contributed by atoms with van der Waals surface area (Å²) in [5, 5.41) is 1.76. The molecule has 7 heteroatoms. The van der Waals surface area contributed by atoms with Gasteiger partial charge in [0.2, 0.25) is 15.9 Å². The molecule has 1 fully saturated rings. The maximum Gasteiger partial charge on any atom is 0.250 e. The van der Waals surface area contributed by atoms with E-state index in [0.717, 1.165) is 12.8 Å². The summed E-state index contributed by atoms with van der Waals surface area (Å²) in [4.78, 5) is 14.2. The van der Waals surface area contributed by atoms with Gasteiger partial charge in [-0.2, -0.15) is 0 Å². The van der Waals surface area contributed by atoms with Crippen molar-refractivity contribution in [2.75, 3.05) is 13.1 Å². The lowest BCUT2D eigenvalue weighted by molar-refractivity contribution is -0.132. The molecule has 0 spiro atoms. The van der Waals surface area contributed by atoms with Crippen LogP contribution in [0.2, 0.25) is 0 Å². The minimum absolute atomic E-state index is 0.0856. The maximum absolute atomic E-state index is 12.3. The quantitative estimate of drug-likeness (QED) is 0.826. The van der Waals surface area contributed by atoms with Crippen molar-refractivity contribution < 1.29 is 13.2 Å². The Morgan fingerprint density at radius 3 is 2.70 bits per heavy atom. The van der Waals surface area contributed by atoms with Crippen LogP contribution in [-0.4, -0.2) is 38.4 Å². The van der Waals surface area contributed by atoms with Crippen LogP contribution in [0.25, 0.3) is 0 Å². The van der Waals surface area contributed by atoms with E-state index in [9.17, 15) is 13.2 Å². The predicted octanol–water partition coefficient (Wildman–Crippen LogP) is 2.37. The zero-order valence-corrected chi connectivity index (χ0v) is 14.6. The molecule has 1 aromatic rings. The lowest BCUT2D eigenvalue weighted by Crippen LogP contribution is -2.46. The van der Waals surface area contributed by atoms with Crippen LogP contribution in [0.1, 0.15) is 32.1 Å². The number of hydrogen-bond donors (Lipinski definition) is 1. The minimum atomic E-state index is -3.42. The summed E-state index contributed by atoms with van der Waals surface area (Å²) in [7, 11) is -3.42. The van der Waals surface area contributed by atoms with Crippen LogP contribution < -0.4 is 4.72 Å². The number of carbonyl (C=O) groups excluding carboxylic acids is 1. The Kier molecular flexibility index (Phi) is 5.18. The van der Waals surface area contributed by atoms with E-state index in [0.29, 0.717) is 42.5 Å². The third-order valence-electron chi connectivity index (χ3n) is 4.48. The molecule has 1 N–H and O–H groups in total. The van der Waals surface area contributed by atoms with Crippen LogP contribution in [0.5, 0.6) is 0 Å². The van der Waals surface area contributed by atoms with E-state index < -0.39 is 10.0 Å². The Bertz CT molecular complexity index is 660. The monoisotopic (exact) mass is 354 g/mol. The molecule has 1 atom stereocenters. The highest BCUT2D eigenvalue weighted by molar-refractivity contribution is 7.91. The average molecular weight is 354 g/mol. The summed E-state index contributed by atoms with van der Waals surface area (Å²) in [6.45, 7) is 1.26. The van der Waals surface area contributed by atoms with Crippen molar-refractivity contribution in [2.45, 2.75) is 42.4 Å². The molecule has 1 aromatic heterocycles. The predicted molar refractivity (Wildman–Crippen MR) is 90.7 cm³/mol. The number of likely N-dealkylation sites (tertiary alicyclic amines) is 1. The van der Waals surface area contributed by atoms with Gasteiger partial charge in [-0.15, -0.1) is 11.3 Å². The number of nitrogens with zero attached hydrogens (tertiary/aromatic N) is 1. The van der Waals surface area contributed by atoms with E-state index in [4.69, 9.17) is 0 Å². The number of nitrogens with one attached hydrogen (secondary N) is 1. The third kappa shape index (κ3) is 4.22. The second-order valence-electron chi connectivity index (χ2n) is 6.18. The number of allylic oxidation sites excluding steroid dienone is 2. The fourth-order valence-electron chi connectivity index (χ4n) is 3.16. The van der Waals surface area contributed by atoms with Gasteiger partial charge >= 0.3 is 0 Å². The molecule has 0 bridgehead atoms. The molecule has 5 nitrogen and oxygen atoms in total. The first kappa shape index (κ1) is 16.7. The van der Waals surface area contributed by atoms with Crippen molar-refractivity contribution in [1.82, 2.24) is 9.62 Å². The van der Waals surface area contributed by atoms with Crippen LogP contribution in [0, 0.1) is 5.92 Å². The van der Waals surface area contributed by atoms with Gasteiger partial charge in [-0.05, 0) is 43.0 Å². The van der Waals surface area contributed by atoms with E-state index in [1.807, 2.05) is 4.90 Å². The Hall–Kier alpha value is -1.18. The Balaban J connectivity index is 1.48. The number of sulfonamides is 1. The molecule has 1 aliphatic heterocycles. The average Bonchev–Trinajstić information content (AvgIpc) is 3.21. The molecule has 0 saturated carbocycles. The lowest BCUT2D eigenvalue weighted by atomic mass is 10.0. The van der Waals surface area contributed by atoms with Crippen molar-refractivity contribution in [2.24, 2.45) is 5.92 Å². The molecule has 1 amide bonds. The van der Waals surface area contributed by atoms with Gasteiger partial charge in [0.25, 0.3) is 0 Å². The first-order valence-corrected chi connectivity index (χ1v) is 10.4. The van der Waals surface area contributed by atoms with Gasteiger partial charge in [-0.25, -0.2) is 13.1 Å². The maximum atomic E-state index is 12.3. The highest BCUT2D eigenvalue weighted by Crippen LogP contribution is 2.23. The van der Waals surface area contributed by atoms with Crippen LogP contribution >= 0.6 is 11.3 Å². The number of piperidine rings is 1. The summed E-state index contributed by atoms with van der Waals surface area (Å²) >= 11 is 1.22. The molecule has 126 valence electrons. The minimum Gasteiger partial charge on any atom is -0.343 e. The molecule has 0 unspecified atom stereocenters. The molecular weight excluding hydrogens is 332 g/mol. The van der Waals surface area contributed by atoms with Crippen molar-refractivity contribution in [3.8, 4) is 0 Å². The summed E-state index contributed by atoms with van der Waals surface area (Å²) in [5.74, 6) is 0.582. The number of carbonyl (C=O) groups is 1. The highest BCUT2D eigenvalue weighted by Gasteiger charge is 2.28. The van der Waals surface area contributed by atoms with Gasteiger partial charge in [-0.1, -0.05) is 18.2 Å². The van der Waals surface area contributed by atoms with E-state index in [1.54, 1.807) is 17.5 Å². The SMILES string of the molecule is O=C(C[C@@H]1C=CCC1)N1CCC(NS(=O)(=O)c2cccs2)CC1. The normalized spacial score (nSPS) is 22.6. The zero-order valence-electron chi connectivity index (χ0n) is 13.0. The van der Waals surface area contributed by atoms with Crippen LogP contribution in [0.4, 0.5) is 0 Å². The second-order valence-corrected chi connectivity index (χ2v) is 9.07. The van der Waals surface area contributed by atoms with Crippen molar-refractivity contribution in [3.05, 3.63) is 29.7 Å². The fourth-order valence-corrected chi connectivity index (χ4v) is 5.47. The smallest absolute Gasteiger partial charge is 0.250 e. The standard InChI is InChI=1S/C16H22N2O3S2/c19-15(12-13-4-1-2-5-13)18-9-7-14(8-10-18)17-23(20,21)16-6-3-11-22-16/h1,3-4,6,11,13-14,17H,2,5,7-10,12H2/t13-/m1/s1. The van der Waals surface area contributed by atoms with Gasteiger partial charge in [0, 0.05) is 25.6 Å². The summed E-state index contributed by atoms with van der Waals surface area (Å²) in [5.41, 5.74) is 0. The van der Waals surface area contributed by atoms with Crippen molar-refractivity contribution in [3.63, 3.8) is 0 Å². The first-order valence-electron chi connectivity index (χ1n) is 8.05. The molecule has 1 aliphatic carbocycles. The van der Waals surface area contributed by atoms with Crippen molar-refractivity contribution >= 4 is 27.3 Å². The van der Waals surface area contributed by atoms with E-state index in [2.05, 4.69) is 16.9 Å². The Morgan fingerprint density at radius 1 is 1.30 bits per heavy atom. The van der Waals surface area contributed by atoms with E-state index >= 15 is 0 Å². The van der Waals surface area contributed by atoms with Gasteiger partial charge in [0.15, 0.2) is 0 Å². The van der Waals surface area contributed by atoms with Gasteiger partial charge in [0.05, 0.1) is 0 Å². The van der Waals surface area contributed by atoms with Gasteiger partial charge in [-0.3, -0.25) is 4.79 Å². The second kappa shape index (κ2) is 7.15. The fraction of sp³-hybridized carbons (Fsp3) is 0.562. The van der Waals surface area contributed by atoms with Crippen LogP contribution in [0.15, 0.2) is 33.9 Å². The Labute approximate surface area is 141 Å². The van der Waals surface area contributed by atoms with E-state index in [1.165, 1.54) is 11.3 Å². The third-order valence-corrected chi connectivity index (χ3v) is 7.40. The zero-order chi connectivity index (χ0) is 16.3. The van der Waals surface area contributed by atoms with Crippen LogP contribution in [0.3, 0.4) is 0 Å². The van der Waals surface area contributed by atoms with Crippen molar-refractivity contribution in [1.29, 1.82) is 0 Å². The van der Waals surface area contributed by atoms with E-state index in [-0.39, 0.29) is 11.9 Å². The largest absolute Gasteiger partial charge is 0.343 e. The lowest BCUT2D eigenvalue weighted by Gasteiger charge is -2.32. The summed E-state index contributed by atoms with van der Waals surface area (Å²) in [6.07, 6.45) is 8.37. The molecule has 23 heavy (non-hydrogen) atoms. The van der Waals surface area contributed by atoms with Gasteiger partial charge < -0.3 is 4.90 Å². The number of hydrogen-bond acceptors (Lipinski definition) is 4. The molecular formula is C16H22N2O3S2. The number of amides is 1. The first-order chi connectivity index (χ1) is 11.0. The Morgan fingerprint density at radius 2 is 2.09 bits per heavy atom. The summed E-state index contributed by atoms with van der Waals surface area (Å²) < 4.78 is 27.6. The molecule has 3 rings (SSSR count). The topological polar surface area (TPSA) is 66.5 Å². The number of thiophene rings is 1. The molecule has 2 aliphatic rings. The highest BCUT2D eigenvalue weighted by atomic mass is 32.2. The summed E-state index contributed by atoms with van der Waals surface area (Å²) in [6, 6.07) is 3.26. The number of rotatable bonds is 5.